The highest BCUT2D eigenvalue weighted by Gasteiger charge is 2.51. The van der Waals surface area contributed by atoms with Gasteiger partial charge in [0.2, 0.25) is 5.75 Å². The van der Waals surface area contributed by atoms with E-state index in [0.29, 0.717) is 62.2 Å². The van der Waals surface area contributed by atoms with Crippen molar-refractivity contribution in [1.82, 2.24) is 4.90 Å². The molecule has 7 nitrogen and oxygen atoms in total. The number of nitrogens with zero attached hydrogens (tertiary/aromatic N) is 1. The Bertz CT molecular complexity index is 1040. The van der Waals surface area contributed by atoms with E-state index >= 15 is 0 Å². The number of hydrogen-bond donors (Lipinski definition) is 1. The molecule has 1 saturated carbocycles. The van der Waals surface area contributed by atoms with E-state index in [1.807, 2.05) is 56.9 Å². The summed E-state index contributed by atoms with van der Waals surface area (Å²) in [5.41, 5.74) is 0.643. The molecule has 0 spiro atoms. The van der Waals surface area contributed by atoms with Crippen LogP contribution in [0.25, 0.3) is 0 Å². The van der Waals surface area contributed by atoms with E-state index in [-0.39, 0.29) is 17.9 Å². The second-order valence-corrected chi connectivity index (χ2v) is 9.72. The number of rotatable bonds is 10. The Hall–Kier alpha value is -2.93. The zero-order valence-electron chi connectivity index (χ0n) is 22.6. The van der Waals surface area contributed by atoms with Gasteiger partial charge in [-0.25, -0.2) is 0 Å². The Morgan fingerprint density at radius 3 is 2.16 bits per heavy atom. The third kappa shape index (κ3) is 5.52. The molecular weight excluding hydrogens is 470 g/mol. The van der Waals surface area contributed by atoms with E-state index in [9.17, 15) is 9.90 Å². The Balaban J connectivity index is 1.80. The van der Waals surface area contributed by atoms with Crippen LogP contribution in [0.2, 0.25) is 0 Å². The number of likely N-dealkylation sites (tertiary alicyclic amines) is 1. The van der Waals surface area contributed by atoms with E-state index in [1.54, 1.807) is 12.1 Å². The first kappa shape index (κ1) is 27.1. The molecule has 1 N–H and O–H groups in total. The van der Waals surface area contributed by atoms with Gasteiger partial charge in [0.25, 0.3) is 5.91 Å². The predicted octanol–water partition coefficient (Wildman–Crippen LogP) is 5.79. The fourth-order valence-electron chi connectivity index (χ4n) is 5.98. The van der Waals surface area contributed by atoms with E-state index in [4.69, 9.17) is 18.9 Å². The van der Waals surface area contributed by atoms with E-state index in [0.717, 1.165) is 37.0 Å². The van der Waals surface area contributed by atoms with E-state index < -0.39 is 5.60 Å². The van der Waals surface area contributed by atoms with Crippen molar-refractivity contribution in [1.29, 1.82) is 0 Å². The molecule has 3 atom stereocenters. The van der Waals surface area contributed by atoms with Crippen molar-refractivity contribution >= 4 is 5.91 Å². The Morgan fingerprint density at radius 1 is 0.892 bits per heavy atom. The molecule has 1 heterocycles. The third-order valence-electron chi connectivity index (χ3n) is 7.52. The van der Waals surface area contributed by atoms with Crippen molar-refractivity contribution < 1.29 is 28.8 Å². The fourth-order valence-corrected chi connectivity index (χ4v) is 5.98. The maximum absolute atomic E-state index is 14.3. The Labute approximate surface area is 220 Å². The molecule has 2 aromatic rings. The number of fused-ring (bicyclic) bond motifs is 1. The van der Waals surface area contributed by atoms with Gasteiger partial charge < -0.3 is 29.0 Å². The summed E-state index contributed by atoms with van der Waals surface area (Å²) in [6, 6.07) is 11.1. The van der Waals surface area contributed by atoms with Crippen molar-refractivity contribution in [3.8, 4) is 23.0 Å². The summed E-state index contributed by atoms with van der Waals surface area (Å²) in [6.45, 7) is 9.99. The molecule has 1 saturated heterocycles. The van der Waals surface area contributed by atoms with Crippen LogP contribution in [0.15, 0.2) is 36.4 Å². The average Bonchev–Trinajstić information content (AvgIpc) is 2.90. The summed E-state index contributed by atoms with van der Waals surface area (Å²) in [7, 11) is 0. The minimum absolute atomic E-state index is 0.0685. The molecule has 2 fully saturated rings. The first-order chi connectivity index (χ1) is 18.0. The van der Waals surface area contributed by atoms with Gasteiger partial charge in [-0.15, -0.1) is 0 Å². The zero-order chi connectivity index (χ0) is 26.4. The maximum atomic E-state index is 14.3. The third-order valence-corrected chi connectivity index (χ3v) is 7.52. The second kappa shape index (κ2) is 12.1. The van der Waals surface area contributed by atoms with Gasteiger partial charge in [0.1, 0.15) is 5.75 Å². The molecule has 37 heavy (non-hydrogen) atoms. The van der Waals surface area contributed by atoms with Crippen LogP contribution in [-0.4, -0.2) is 54.5 Å². The lowest BCUT2D eigenvalue weighted by Gasteiger charge is -2.52. The van der Waals surface area contributed by atoms with Crippen LogP contribution < -0.4 is 18.9 Å². The standard InChI is InChI=1S/C30H41NO6/c1-5-34-24-15-10-9-13-22(24)27-23-14-11-12-16-30(23,33)17-18-31(27)29(32)21-19-25(35-6-2)28(37-8-4)26(20-21)36-7-3/h9-10,13,15,19-20,23,27,33H,5-8,11-12,14,16-18H2,1-4H3/t23-,27-,30+/m0/s1. The lowest BCUT2D eigenvalue weighted by atomic mass is 9.66. The van der Waals surface area contributed by atoms with Gasteiger partial charge in [-0.3, -0.25) is 4.79 Å². The van der Waals surface area contributed by atoms with Gasteiger partial charge in [0, 0.05) is 23.6 Å². The molecule has 0 unspecified atom stereocenters. The van der Waals surface area contributed by atoms with Crippen LogP contribution in [0.3, 0.4) is 0 Å². The molecular formula is C30H41NO6. The highest BCUT2D eigenvalue weighted by molar-refractivity contribution is 5.96. The van der Waals surface area contributed by atoms with Crippen molar-refractivity contribution in [2.45, 2.75) is 71.4 Å². The number of amides is 1. The first-order valence-corrected chi connectivity index (χ1v) is 13.8. The second-order valence-electron chi connectivity index (χ2n) is 9.72. The molecule has 7 heteroatoms. The van der Waals surface area contributed by atoms with Gasteiger partial charge in [-0.2, -0.15) is 0 Å². The van der Waals surface area contributed by atoms with Crippen LogP contribution in [-0.2, 0) is 0 Å². The molecule has 1 aliphatic heterocycles. The van der Waals surface area contributed by atoms with Crippen LogP contribution >= 0.6 is 0 Å². The highest BCUT2D eigenvalue weighted by atomic mass is 16.5. The average molecular weight is 512 g/mol. The smallest absolute Gasteiger partial charge is 0.254 e. The largest absolute Gasteiger partial charge is 0.494 e. The van der Waals surface area contributed by atoms with Gasteiger partial charge in [0.05, 0.1) is 38.1 Å². The summed E-state index contributed by atoms with van der Waals surface area (Å²) in [5.74, 6) is 2.09. The van der Waals surface area contributed by atoms with Crippen molar-refractivity contribution in [2.75, 3.05) is 33.0 Å². The normalized spacial score (nSPS) is 23.2. The van der Waals surface area contributed by atoms with Gasteiger partial charge >= 0.3 is 0 Å². The molecule has 0 aromatic heterocycles. The summed E-state index contributed by atoms with van der Waals surface area (Å²) in [5, 5.41) is 11.7. The van der Waals surface area contributed by atoms with Gasteiger partial charge in [0.15, 0.2) is 11.5 Å². The molecule has 1 aliphatic carbocycles. The molecule has 4 rings (SSSR count). The quantitative estimate of drug-likeness (QED) is 0.435. The minimum atomic E-state index is -0.787. The zero-order valence-corrected chi connectivity index (χ0v) is 22.6. The number of carbonyl (C=O) groups excluding carboxylic acids is 1. The van der Waals surface area contributed by atoms with E-state index in [1.165, 1.54) is 0 Å². The summed E-state index contributed by atoms with van der Waals surface area (Å²) >= 11 is 0. The summed E-state index contributed by atoms with van der Waals surface area (Å²) in [4.78, 5) is 16.2. The van der Waals surface area contributed by atoms with Crippen LogP contribution in [0, 0.1) is 5.92 Å². The van der Waals surface area contributed by atoms with Crippen LogP contribution in [0.5, 0.6) is 23.0 Å². The van der Waals surface area contributed by atoms with Crippen molar-refractivity contribution in [3.63, 3.8) is 0 Å². The maximum Gasteiger partial charge on any atom is 0.254 e. The topological polar surface area (TPSA) is 77.5 Å². The molecule has 2 aromatic carbocycles. The SMILES string of the molecule is CCOc1ccccc1[C@H]1[C@@H]2CCCC[C@@]2(O)CCN1C(=O)c1cc(OCC)c(OCC)c(OCC)c1. The van der Waals surface area contributed by atoms with Crippen molar-refractivity contribution in [3.05, 3.63) is 47.5 Å². The minimum Gasteiger partial charge on any atom is -0.494 e. The van der Waals surface area contributed by atoms with Crippen molar-refractivity contribution in [2.24, 2.45) is 5.92 Å². The first-order valence-electron chi connectivity index (χ1n) is 13.8. The summed E-state index contributed by atoms with van der Waals surface area (Å²) < 4.78 is 23.6. The number of benzene rings is 2. The number of hydrogen-bond acceptors (Lipinski definition) is 6. The summed E-state index contributed by atoms with van der Waals surface area (Å²) in [6.07, 6.45) is 4.23. The number of ether oxygens (including phenoxy) is 4. The lowest BCUT2D eigenvalue weighted by molar-refractivity contribution is -0.115. The highest BCUT2D eigenvalue weighted by Crippen LogP contribution is 2.51. The Kier molecular flexibility index (Phi) is 8.85. The molecule has 202 valence electrons. The van der Waals surface area contributed by atoms with Gasteiger partial charge in [-0.05, 0) is 65.2 Å². The molecule has 0 bridgehead atoms. The molecule has 0 radical (unpaired) electrons. The van der Waals surface area contributed by atoms with Gasteiger partial charge in [-0.1, -0.05) is 31.0 Å². The van der Waals surface area contributed by atoms with Crippen LogP contribution in [0.4, 0.5) is 0 Å². The molecule has 2 aliphatic rings. The monoisotopic (exact) mass is 511 g/mol. The number of piperidine rings is 1. The number of carbonyl (C=O) groups is 1. The van der Waals surface area contributed by atoms with Crippen LogP contribution in [0.1, 0.15) is 81.8 Å². The fraction of sp³-hybridized carbons (Fsp3) is 0.567. The number of aliphatic hydroxyl groups is 1. The number of para-hydroxylation sites is 1. The molecule has 1 amide bonds. The predicted molar refractivity (Wildman–Crippen MR) is 143 cm³/mol. The lowest BCUT2D eigenvalue weighted by Crippen LogP contribution is -2.56. The van der Waals surface area contributed by atoms with E-state index in [2.05, 4.69) is 0 Å². The Morgan fingerprint density at radius 2 is 1.51 bits per heavy atom.